The molecule has 1 atom stereocenters. The van der Waals surface area contributed by atoms with Gasteiger partial charge >= 0.3 is 0 Å². The summed E-state index contributed by atoms with van der Waals surface area (Å²) in [6, 6.07) is 3.41. The van der Waals surface area contributed by atoms with Gasteiger partial charge < -0.3 is 10.6 Å². The topological polar surface area (TPSA) is 80.5 Å². The third kappa shape index (κ3) is 2.92. The van der Waals surface area contributed by atoms with Crippen molar-refractivity contribution in [3.05, 3.63) is 29.6 Å². The smallest absolute Gasteiger partial charge is 0.257 e. The highest BCUT2D eigenvalue weighted by Crippen LogP contribution is 2.21. The minimum absolute atomic E-state index is 0.0590. The molecule has 1 saturated heterocycles. The maximum atomic E-state index is 13.7. The first kappa shape index (κ1) is 14.8. The summed E-state index contributed by atoms with van der Waals surface area (Å²) in [5, 5.41) is 0. The average Bonchev–Trinajstić information content (AvgIpc) is 2.73. The number of anilines is 1. The van der Waals surface area contributed by atoms with Crippen LogP contribution >= 0.6 is 0 Å². The van der Waals surface area contributed by atoms with Gasteiger partial charge in [-0.1, -0.05) is 0 Å². The molecule has 110 valence electrons. The fourth-order valence-electron chi connectivity index (χ4n) is 2.45. The van der Waals surface area contributed by atoms with E-state index in [1.807, 2.05) is 0 Å². The summed E-state index contributed by atoms with van der Waals surface area (Å²) < 4.78 is 36.8. The van der Waals surface area contributed by atoms with Gasteiger partial charge in [-0.25, -0.2) is 12.8 Å². The Balaban J connectivity index is 2.28. The van der Waals surface area contributed by atoms with E-state index in [0.29, 0.717) is 18.7 Å². The lowest BCUT2D eigenvalue weighted by Crippen LogP contribution is -2.41. The molecule has 20 heavy (non-hydrogen) atoms. The van der Waals surface area contributed by atoms with Crippen LogP contribution in [0.1, 0.15) is 23.7 Å². The van der Waals surface area contributed by atoms with E-state index in [2.05, 4.69) is 0 Å². The molecular weight excluding hydrogens is 283 g/mol. The number of carbonyl (C=O) groups excluding carboxylic acids is 1. The third-order valence-corrected chi connectivity index (χ3v) is 5.22. The predicted molar refractivity (Wildman–Crippen MR) is 74.6 cm³/mol. The van der Waals surface area contributed by atoms with Crippen molar-refractivity contribution in [3.63, 3.8) is 0 Å². The van der Waals surface area contributed by atoms with Gasteiger partial charge in [-0.05, 0) is 31.5 Å². The quantitative estimate of drug-likeness (QED) is 0.846. The van der Waals surface area contributed by atoms with Gasteiger partial charge in [0.25, 0.3) is 5.91 Å². The standard InChI is InChI=1S/C13H17FN2O3S/c1-2-16(10-5-6-20(18,19)8-10)13(17)11-7-9(15)3-4-12(11)14/h3-4,7,10H,2,5-6,8,15H2,1H3. The average molecular weight is 300 g/mol. The number of rotatable bonds is 3. The normalized spacial score (nSPS) is 20.8. The zero-order valence-corrected chi connectivity index (χ0v) is 12.0. The van der Waals surface area contributed by atoms with Crippen LogP contribution in [0.3, 0.4) is 0 Å². The van der Waals surface area contributed by atoms with Gasteiger partial charge in [0.2, 0.25) is 0 Å². The number of hydrogen-bond acceptors (Lipinski definition) is 4. The molecule has 1 aromatic rings. The number of carbonyl (C=O) groups is 1. The molecule has 1 aromatic carbocycles. The number of nitrogen functional groups attached to an aromatic ring is 1. The van der Waals surface area contributed by atoms with Crippen molar-refractivity contribution in [2.45, 2.75) is 19.4 Å². The fraction of sp³-hybridized carbons (Fsp3) is 0.462. The second-order valence-corrected chi connectivity index (χ2v) is 7.12. The van der Waals surface area contributed by atoms with Gasteiger partial charge in [0.05, 0.1) is 17.1 Å². The van der Waals surface area contributed by atoms with Crippen LogP contribution in [0.15, 0.2) is 18.2 Å². The van der Waals surface area contributed by atoms with Gasteiger partial charge in [0.1, 0.15) is 5.82 Å². The number of halogens is 1. The van der Waals surface area contributed by atoms with Crippen LogP contribution in [0.5, 0.6) is 0 Å². The second-order valence-electron chi connectivity index (χ2n) is 4.89. The first-order chi connectivity index (χ1) is 9.34. The zero-order chi connectivity index (χ0) is 14.9. The molecule has 1 fully saturated rings. The summed E-state index contributed by atoms with van der Waals surface area (Å²) in [4.78, 5) is 13.8. The molecule has 1 amide bonds. The van der Waals surface area contributed by atoms with Crippen LogP contribution in [-0.2, 0) is 9.84 Å². The van der Waals surface area contributed by atoms with Crippen LogP contribution in [0.4, 0.5) is 10.1 Å². The summed E-state index contributed by atoms with van der Waals surface area (Å²) in [6.45, 7) is 2.07. The van der Waals surface area contributed by atoms with Crippen molar-refractivity contribution in [2.75, 3.05) is 23.8 Å². The summed E-state index contributed by atoms with van der Waals surface area (Å²) in [6.07, 6.45) is 0.395. The first-order valence-corrected chi connectivity index (χ1v) is 8.22. The van der Waals surface area contributed by atoms with Crippen molar-refractivity contribution < 1.29 is 17.6 Å². The Morgan fingerprint density at radius 3 is 2.75 bits per heavy atom. The lowest BCUT2D eigenvalue weighted by atomic mass is 10.1. The molecule has 0 aliphatic carbocycles. The number of hydrogen-bond donors (Lipinski definition) is 1. The summed E-state index contributed by atoms with van der Waals surface area (Å²) in [5.41, 5.74) is 5.75. The van der Waals surface area contributed by atoms with E-state index < -0.39 is 27.6 Å². The number of benzene rings is 1. The van der Waals surface area contributed by atoms with Crippen molar-refractivity contribution in [1.82, 2.24) is 4.90 Å². The van der Waals surface area contributed by atoms with E-state index in [-0.39, 0.29) is 17.1 Å². The number of sulfone groups is 1. The maximum Gasteiger partial charge on any atom is 0.257 e. The van der Waals surface area contributed by atoms with Crippen molar-refractivity contribution in [1.29, 1.82) is 0 Å². The van der Waals surface area contributed by atoms with Gasteiger partial charge in [-0.3, -0.25) is 4.79 Å². The highest BCUT2D eigenvalue weighted by molar-refractivity contribution is 7.91. The molecule has 7 heteroatoms. The molecule has 0 bridgehead atoms. The predicted octanol–water partition coefficient (Wildman–Crippen LogP) is 1.06. The molecule has 2 rings (SSSR count). The Morgan fingerprint density at radius 1 is 1.50 bits per heavy atom. The van der Waals surface area contributed by atoms with Crippen molar-refractivity contribution in [3.8, 4) is 0 Å². The maximum absolute atomic E-state index is 13.7. The Labute approximate surface area is 117 Å². The first-order valence-electron chi connectivity index (χ1n) is 6.40. The van der Waals surface area contributed by atoms with Gasteiger partial charge in [-0.2, -0.15) is 0 Å². The molecule has 1 aliphatic rings. The van der Waals surface area contributed by atoms with Crippen LogP contribution < -0.4 is 5.73 Å². The Hall–Kier alpha value is -1.63. The molecule has 1 aliphatic heterocycles. The van der Waals surface area contributed by atoms with Crippen molar-refractivity contribution in [2.24, 2.45) is 0 Å². The molecule has 0 saturated carbocycles. The Morgan fingerprint density at radius 2 is 2.20 bits per heavy atom. The monoisotopic (exact) mass is 300 g/mol. The molecule has 0 spiro atoms. The highest BCUT2D eigenvalue weighted by Gasteiger charge is 2.34. The molecular formula is C13H17FN2O3S. The van der Waals surface area contributed by atoms with E-state index in [9.17, 15) is 17.6 Å². The zero-order valence-electron chi connectivity index (χ0n) is 11.2. The lowest BCUT2D eigenvalue weighted by Gasteiger charge is -2.27. The van der Waals surface area contributed by atoms with Crippen LogP contribution in [0.25, 0.3) is 0 Å². The van der Waals surface area contributed by atoms with Crippen LogP contribution in [0.2, 0.25) is 0 Å². The van der Waals surface area contributed by atoms with Crippen molar-refractivity contribution >= 4 is 21.4 Å². The second kappa shape index (κ2) is 5.40. The van der Waals surface area contributed by atoms with E-state index in [4.69, 9.17) is 5.73 Å². The fourth-order valence-corrected chi connectivity index (χ4v) is 4.18. The van der Waals surface area contributed by atoms with Gasteiger partial charge in [0.15, 0.2) is 9.84 Å². The molecule has 1 heterocycles. The third-order valence-electron chi connectivity index (χ3n) is 3.47. The number of nitrogens with two attached hydrogens (primary N) is 1. The molecule has 0 radical (unpaired) electrons. The van der Waals surface area contributed by atoms with E-state index >= 15 is 0 Å². The van der Waals surface area contributed by atoms with E-state index in [0.717, 1.165) is 6.07 Å². The van der Waals surface area contributed by atoms with Gasteiger partial charge in [-0.15, -0.1) is 0 Å². The number of nitrogens with zero attached hydrogens (tertiary/aromatic N) is 1. The molecule has 2 N–H and O–H groups in total. The minimum Gasteiger partial charge on any atom is -0.399 e. The summed E-state index contributed by atoms with van der Waals surface area (Å²) >= 11 is 0. The molecule has 0 aromatic heterocycles. The van der Waals surface area contributed by atoms with Crippen LogP contribution in [0, 0.1) is 5.82 Å². The molecule has 1 unspecified atom stereocenters. The SMILES string of the molecule is CCN(C(=O)c1cc(N)ccc1F)C1CCS(=O)(=O)C1. The lowest BCUT2D eigenvalue weighted by molar-refractivity contribution is 0.0703. The van der Waals surface area contributed by atoms with Crippen LogP contribution in [-0.4, -0.2) is 43.3 Å². The van der Waals surface area contributed by atoms with Gasteiger partial charge in [0, 0.05) is 18.3 Å². The largest absolute Gasteiger partial charge is 0.399 e. The summed E-state index contributed by atoms with van der Waals surface area (Å²) in [5.74, 6) is -1.15. The molecule has 5 nitrogen and oxygen atoms in total. The minimum atomic E-state index is -3.10. The van der Waals surface area contributed by atoms with E-state index in [1.165, 1.54) is 17.0 Å². The highest BCUT2D eigenvalue weighted by atomic mass is 32.2. The summed E-state index contributed by atoms with van der Waals surface area (Å²) in [7, 11) is -3.10. The Bertz CT molecular complexity index is 631. The number of amides is 1. The Kier molecular flexibility index (Phi) is 3.99. The van der Waals surface area contributed by atoms with E-state index in [1.54, 1.807) is 6.92 Å².